The first-order valence-corrected chi connectivity index (χ1v) is 9.60. The minimum Gasteiger partial charge on any atom is -0.383 e. The van der Waals surface area contributed by atoms with Crippen LogP contribution in [0.4, 0.5) is 0 Å². The zero-order valence-corrected chi connectivity index (χ0v) is 14.6. The topological polar surface area (TPSA) is 68.3 Å². The van der Waals surface area contributed by atoms with E-state index < -0.39 is 9.84 Å². The van der Waals surface area contributed by atoms with Crippen molar-refractivity contribution in [2.24, 2.45) is 0 Å². The summed E-state index contributed by atoms with van der Waals surface area (Å²) in [5.41, 5.74) is 0. The van der Waals surface area contributed by atoms with Crippen molar-refractivity contribution in [3.8, 4) is 0 Å². The minimum absolute atomic E-state index is 0.302. The van der Waals surface area contributed by atoms with Gasteiger partial charge in [0.2, 0.25) is 0 Å². The zero-order valence-electron chi connectivity index (χ0n) is 13.8. The summed E-state index contributed by atoms with van der Waals surface area (Å²) >= 11 is 0. The molecule has 0 bridgehead atoms. The largest absolute Gasteiger partial charge is 0.383 e. The van der Waals surface area contributed by atoms with Gasteiger partial charge in [0.1, 0.15) is 0 Å². The molecule has 0 unspecified atom stereocenters. The average molecular weight is 338 g/mol. The van der Waals surface area contributed by atoms with Gasteiger partial charge in [-0.1, -0.05) is 0 Å². The predicted octanol–water partition coefficient (Wildman–Crippen LogP) is -0.672. The lowest BCUT2D eigenvalue weighted by Crippen LogP contribution is -2.41. The minimum atomic E-state index is -2.72. The van der Waals surface area contributed by atoms with Crippen LogP contribution in [0.1, 0.15) is 0 Å². The monoisotopic (exact) mass is 338 g/mol. The van der Waals surface area contributed by atoms with Gasteiger partial charge >= 0.3 is 0 Å². The molecule has 7 nitrogen and oxygen atoms in total. The fourth-order valence-corrected chi connectivity index (χ4v) is 3.52. The fraction of sp³-hybridized carbons (Fsp3) is 1.00. The zero-order chi connectivity index (χ0) is 16.3. The molecule has 2 aliphatic heterocycles. The molecule has 2 rings (SSSR count). The molecule has 8 heteroatoms. The summed E-state index contributed by atoms with van der Waals surface area (Å²) in [6.45, 7) is 8.59. The molecule has 0 spiro atoms. The number of rotatable bonds is 6. The quantitative estimate of drug-likeness (QED) is 0.636. The summed E-state index contributed by atoms with van der Waals surface area (Å²) in [4.78, 5) is 4.47. The van der Waals surface area contributed by atoms with Gasteiger partial charge in [-0.25, -0.2) is 8.42 Å². The second-order valence-electron chi connectivity index (χ2n) is 5.43. The molecule has 0 atom stereocenters. The van der Waals surface area contributed by atoms with E-state index in [-0.39, 0.29) is 0 Å². The highest BCUT2D eigenvalue weighted by Gasteiger charge is 2.20. The molecule has 0 radical (unpaired) electrons. The lowest BCUT2D eigenvalue weighted by atomic mass is 10.4. The summed E-state index contributed by atoms with van der Waals surface area (Å²) in [6.07, 6.45) is 0. The summed E-state index contributed by atoms with van der Waals surface area (Å²) < 4.78 is 37.1. The average Bonchev–Trinajstić information content (AvgIpc) is 2.53. The SMILES string of the molecule is COCCN1CCOCC1.COCCN1CCS(=O)(=O)CC1. The van der Waals surface area contributed by atoms with Crippen LogP contribution in [0.3, 0.4) is 0 Å². The van der Waals surface area contributed by atoms with Crippen molar-refractivity contribution in [3.63, 3.8) is 0 Å². The molecule has 0 aromatic rings. The molecule has 0 amide bonds. The normalized spacial score (nSPS) is 22.8. The van der Waals surface area contributed by atoms with E-state index in [1.54, 1.807) is 14.2 Å². The van der Waals surface area contributed by atoms with Crippen LogP contribution in [-0.4, -0.2) is 110 Å². The van der Waals surface area contributed by atoms with Gasteiger partial charge in [-0.2, -0.15) is 0 Å². The van der Waals surface area contributed by atoms with Gasteiger partial charge in [-0.3, -0.25) is 9.80 Å². The van der Waals surface area contributed by atoms with Crippen LogP contribution in [0.2, 0.25) is 0 Å². The Morgan fingerprint density at radius 2 is 1.32 bits per heavy atom. The van der Waals surface area contributed by atoms with Crippen molar-refractivity contribution < 1.29 is 22.6 Å². The van der Waals surface area contributed by atoms with Crippen LogP contribution in [0.15, 0.2) is 0 Å². The second-order valence-corrected chi connectivity index (χ2v) is 7.74. The van der Waals surface area contributed by atoms with Crippen LogP contribution in [0.25, 0.3) is 0 Å². The van der Waals surface area contributed by atoms with Crippen molar-refractivity contribution in [1.82, 2.24) is 9.80 Å². The molecule has 0 saturated carbocycles. The summed E-state index contributed by atoms with van der Waals surface area (Å²) in [5.74, 6) is 0.605. The van der Waals surface area contributed by atoms with Gasteiger partial charge in [0.05, 0.1) is 37.9 Å². The first kappa shape index (κ1) is 19.8. The Morgan fingerprint density at radius 1 is 0.864 bits per heavy atom. The van der Waals surface area contributed by atoms with E-state index in [9.17, 15) is 8.42 Å². The van der Waals surface area contributed by atoms with Crippen molar-refractivity contribution in [2.45, 2.75) is 0 Å². The Hall–Kier alpha value is -0.250. The smallest absolute Gasteiger partial charge is 0.152 e. The van der Waals surface area contributed by atoms with Crippen LogP contribution in [-0.2, 0) is 24.0 Å². The summed E-state index contributed by atoms with van der Waals surface area (Å²) in [5, 5.41) is 0. The molecule has 2 saturated heterocycles. The lowest BCUT2D eigenvalue weighted by molar-refractivity contribution is 0.0263. The van der Waals surface area contributed by atoms with Gasteiger partial charge < -0.3 is 14.2 Å². The van der Waals surface area contributed by atoms with Crippen molar-refractivity contribution >= 4 is 9.84 Å². The van der Waals surface area contributed by atoms with Crippen LogP contribution < -0.4 is 0 Å². The molecule has 22 heavy (non-hydrogen) atoms. The second kappa shape index (κ2) is 11.3. The third kappa shape index (κ3) is 9.02. The molecule has 2 heterocycles. The van der Waals surface area contributed by atoms with Crippen molar-refractivity contribution in [3.05, 3.63) is 0 Å². The van der Waals surface area contributed by atoms with Gasteiger partial charge in [-0.05, 0) is 0 Å². The Kier molecular flexibility index (Phi) is 10.2. The van der Waals surface area contributed by atoms with Crippen LogP contribution in [0.5, 0.6) is 0 Å². The molecule has 2 aliphatic rings. The maximum Gasteiger partial charge on any atom is 0.152 e. The maximum atomic E-state index is 11.0. The maximum absolute atomic E-state index is 11.0. The number of ether oxygens (including phenoxy) is 3. The van der Waals surface area contributed by atoms with E-state index in [0.29, 0.717) is 31.2 Å². The van der Waals surface area contributed by atoms with Crippen LogP contribution >= 0.6 is 0 Å². The molecule has 2 fully saturated rings. The highest BCUT2D eigenvalue weighted by molar-refractivity contribution is 7.91. The van der Waals surface area contributed by atoms with E-state index in [4.69, 9.17) is 14.2 Å². The number of hydrogen-bond acceptors (Lipinski definition) is 7. The predicted molar refractivity (Wildman–Crippen MR) is 86.1 cm³/mol. The van der Waals surface area contributed by atoms with Crippen LogP contribution in [0, 0.1) is 0 Å². The first-order valence-electron chi connectivity index (χ1n) is 7.78. The number of sulfone groups is 1. The van der Waals surface area contributed by atoms with Gasteiger partial charge in [-0.15, -0.1) is 0 Å². The summed E-state index contributed by atoms with van der Waals surface area (Å²) in [7, 11) is 0.667. The first-order chi connectivity index (χ1) is 10.6. The summed E-state index contributed by atoms with van der Waals surface area (Å²) in [6, 6.07) is 0. The highest BCUT2D eigenvalue weighted by atomic mass is 32.2. The highest BCUT2D eigenvalue weighted by Crippen LogP contribution is 2.02. The van der Waals surface area contributed by atoms with E-state index in [2.05, 4.69) is 9.80 Å². The molecule has 0 aromatic carbocycles. The Morgan fingerprint density at radius 3 is 1.77 bits per heavy atom. The fourth-order valence-electron chi connectivity index (χ4n) is 2.24. The molecule has 0 N–H and O–H groups in total. The molecule has 132 valence electrons. The Labute approximate surface area is 134 Å². The van der Waals surface area contributed by atoms with Crippen molar-refractivity contribution in [2.75, 3.05) is 91.4 Å². The van der Waals surface area contributed by atoms with E-state index in [1.165, 1.54) is 0 Å². The van der Waals surface area contributed by atoms with E-state index >= 15 is 0 Å². The lowest BCUT2D eigenvalue weighted by Gasteiger charge is -2.25. The van der Waals surface area contributed by atoms with E-state index in [1.807, 2.05) is 0 Å². The van der Waals surface area contributed by atoms with Gasteiger partial charge in [0, 0.05) is 53.5 Å². The third-order valence-corrected chi connectivity index (χ3v) is 5.37. The Bertz CT molecular complexity index is 357. The third-order valence-electron chi connectivity index (χ3n) is 3.76. The van der Waals surface area contributed by atoms with Crippen molar-refractivity contribution in [1.29, 1.82) is 0 Å². The Balaban J connectivity index is 0.000000224. The number of nitrogens with zero attached hydrogens (tertiary/aromatic N) is 2. The van der Waals surface area contributed by atoms with Gasteiger partial charge in [0.15, 0.2) is 9.84 Å². The number of morpholine rings is 1. The molecule has 0 aliphatic carbocycles. The molecular formula is C14H30N2O5S. The molecule has 0 aromatic heterocycles. The molecular weight excluding hydrogens is 308 g/mol. The standard InChI is InChI=1S/C7H15NO3S.C7H15NO2/c1-11-5-2-8-3-6-12(9,10)7-4-8;1-9-5-2-8-3-6-10-7-4-8/h2-7H2,1H3;2-7H2,1H3. The van der Waals surface area contributed by atoms with E-state index in [0.717, 1.165) is 46.0 Å². The number of methoxy groups -OCH3 is 2. The van der Waals surface area contributed by atoms with Gasteiger partial charge in [0.25, 0.3) is 0 Å². The number of hydrogen-bond donors (Lipinski definition) is 0.